The van der Waals surface area contributed by atoms with Gasteiger partial charge in [0.05, 0.1) is 22.8 Å². The van der Waals surface area contributed by atoms with Crippen LogP contribution in [0.15, 0.2) is 30.3 Å². The van der Waals surface area contributed by atoms with E-state index >= 15 is 0 Å². The molecule has 0 fully saturated rings. The number of nitrogens with one attached hydrogen (secondary N) is 2. The summed E-state index contributed by atoms with van der Waals surface area (Å²) in [4.78, 5) is 39.5. The molecule has 0 spiro atoms. The van der Waals surface area contributed by atoms with Gasteiger partial charge in [0.2, 0.25) is 0 Å². The average Bonchev–Trinajstić information content (AvgIpc) is 3.53. The van der Waals surface area contributed by atoms with E-state index in [-0.39, 0.29) is 40.1 Å². The summed E-state index contributed by atoms with van der Waals surface area (Å²) in [5.74, 6) is -1.73. The number of carboxylic acids is 2. The van der Waals surface area contributed by atoms with Gasteiger partial charge in [-0.25, -0.2) is 9.97 Å². The zero-order valence-electron chi connectivity index (χ0n) is 22.6. The Labute approximate surface area is 246 Å². The van der Waals surface area contributed by atoms with Crippen LogP contribution in [0.3, 0.4) is 0 Å². The van der Waals surface area contributed by atoms with Crippen molar-refractivity contribution in [3.8, 4) is 0 Å². The molecule has 0 aliphatic carbocycles. The van der Waals surface area contributed by atoms with Crippen molar-refractivity contribution in [3.63, 3.8) is 0 Å². The van der Waals surface area contributed by atoms with Crippen molar-refractivity contribution in [1.82, 2.24) is 19.9 Å². The van der Waals surface area contributed by atoms with E-state index in [4.69, 9.17) is 9.97 Å². The monoisotopic (exact) mass is 624 g/mol. The fourth-order valence-electron chi connectivity index (χ4n) is 5.11. The van der Waals surface area contributed by atoms with E-state index in [9.17, 15) is 19.8 Å². The van der Waals surface area contributed by atoms with Gasteiger partial charge in [0.15, 0.2) is 0 Å². The molecule has 0 saturated heterocycles. The standard InChI is InChI=1S/C30H30N4O4.Cd/c1-15-9-20-12-25-17(3)21(5-7-29(35)36)27(33-25)14-28-22(6-8-30(37)38)18(4)26(34-28)13-24-16(2)10-19(32-24)11-23(15)31-20;/h9-14,31,34H,5-8H2,1-4H3,(H,35,36)(H,37,38);. The summed E-state index contributed by atoms with van der Waals surface area (Å²) < 4.78 is 0. The smallest absolute Gasteiger partial charge is 0.303 e. The van der Waals surface area contributed by atoms with E-state index in [1.54, 1.807) is 0 Å². The Kier molecular flexibility index (Phi) is 8.24. The minimum Gasteiger partial charge on any atom is -0.481 e. The molecule has 5 rings (SSSR count). The Morgan fingerprint density at radius 1 is 0.769 bits per heavy atom. The molecule has 39 heavy (non-hydrogen) atoms. The van der Waals surface area contributed by atoms with Crippen LogP contribution >= 0.6 is 0 Å². The number of allylic oxidation sites excluding steroid dienone is 3. The first-order valence-corrected chi connectivity index (χ1v) is 12.6. The summed E-state index contributed by atoms with van der Waals surface area (Å²) in [6, 6.07) is 9.98. The minimum absolute atomic E-state index is 0. The molecule has 0 aromatic carbocycles. The molecule has 3 aromatic heterocycles. The van der Waals surface area contributed by atoms with E-state index in [2.05, 4.69) is 16.0 Å². The Morgan fingerprint density at radius 2 is 1.46 bits per heavy atom. The Balaban J connectivity index is 0.00000353. The van der Waals surface area contributed by atoms with Crippen LogP contribution in [-0.2, 0) is 43.3 Å². The number of carbonyl (C=O) groups is 2. The van der Waals surface area contributed by atoms with E-state index < -0.39 is 11.9 Å². The second-order valence-electron chi connectivity index (χ2n) is 9.98. The molecule has 4 N–H and O–H groups in total. The number of hydrogen-bond donors (Lipinski definition) is 4. The number of aromatic amines is 2. The predicted octanol–water partition coefficient (Wildman–Crippen LogP) is 6.30. The molecule has 3 aromatic rings. The van der Waals surface area contributed by atoms with Crippen LogP contribution in [-0.4, -0.2) is 42.1 Å². The molecule has 0 amide bonds. The van der Waals surface area contributed by atoms with Crippen LogP contribution in [0.25, 0.3) is 44.9 Å². The Hall–Kier alpha value is -3.54. The van der Waals surface area contributed by atoms with Gasteiger partial charge in [-0.05, 0) is 110 Å². The third-order valence-corrected chi connectivity index (χ3v) is 7.26. The maximum atomic E-state index is 11.4. The molecular formula is C30H30CdN4O4. The van der Waals surface area contributed by atoms with Gasteiger partial charge in [0.25, 0.3) is 0 Å². The largest absolute Gasteiger partial charge is 0.481 e. The fraction of sp³-hybridized carbons (Fsp3) is 0.267. The van der Waals surface area contributed by atoms with Gasteiger partial charge in [-0.2, -0.15) is 0 Å². The molecule has 0 saturated carbocycles. The van der Waals surface area contributed by atoms with Crippen molar-refractivity contribution in [2.24, 2.45) is 0 Å². The van der Waals surface area contributed by atoms with Crippen molar-refractivity contribution in [2.45, 2.75) is 53.4 Å². The van der Waals surface area contributed by atoms with E-state index in [1.165, 1.54) is 0 Å². The van der Waals surface area contributed by atoms with Crippen molar-refractivity contribution in [3.05, 3.63) is 69.8 Å². The number of rotatable bonds is 6. The molecule has 196 valence electrons. The maximum Gasteiger partial charge on any atom is 0.303 e. The molecule has 9 heteroatoms. The Bertz CT molecular complexity index is 1730. The van der Waals surface area contributed by atoms with Crippen LogP contribution in [0.4, 0.5) is 0 Å². The zero-order valence-corrected chi connectivity index (χ0v) is 26.6. The first-order valence-electron chi connectivity index (χ1n) is 12.6. The van der Waals surface area contributed by atoms with Crippen LogP contribution in [0.5, 0.6) is 0 Å². The third-order valence-electron chi connectivity index (χ3n) is 7.26. The molecule has 0 atom stereocenters. The second-order valence-corrected chi connectivity index (χ2v) is 9.98. The van der Waals surface area contributed by atoms with Gasteiger partial charge in [-0.3, -0.25) is 9.59 Å². The number of fused-ring (bicyclic) bond motifs is 8. The van der Waals surface area contributed by atoms with E-state index in [1.807, 2.05) is 58.0 Å². The summed E-state index contributed by atoms with van der Waals surface area (Å²) in [5.41, 5.74) is 12.4. The Morgan fingerprint density at radius 3 is 2.18 bits per heavy atom. The second kappa shape index (κ2) is 11.3. The molecule has 0 radical (unpaired) electrons. The molecule has 8 nitrogen and oxygen atoms in total. The van der Waals surface area contributed by atoms with Crippen molar-refractivity contribution in [1.29, 1.82) is 0 Å². The maximum absolute atomic E-state index is 11.4. The molecular weight excluding hydrogens is 593 g/mol. The van der Waals surface area contributed by atoms with Gasteiger partial charge in [0, 0.05) is 62.2 Å². The summed E-state index contributed by atoms with van der Waals surface area (Å²) in [6.45, 7) is 8.01. The molecule has 2 aliphatic rings. The van der Waals surface area contributed by atoms with E-state index in [0.717, 1.165) is 72.6 Å². The van der Waals surface area contributed by atoms with Gasteiger partial charge in [-0.15, -0.1) is 0 Å². The first kappa shape index (κ1) is 28.5. The number of aliphatic carboxylic acids is 2. The number of aryl methyl sites for hydroxylation is 3. The molecule has 0 unspecified atom stereocenters. The first-order chi connectivity index (χ1) is 18.1. The van der Waals surface area contributed by atoms with Crippen LogP contribution in [0.1, 0.15) is 72.6 Å². The SMILES string of the molecule is CC1=Cc2cc3[nH]c(cc4nc(cc5[nH]c(cc1n2)c(C)c5CCC(=O)O)C(CCC(=O)O)=C4C)cc3C.[Cd]. The summed E-state index contributed by atoms with van der Waals surface area (Å²) in [7, 11) is 0. The van der Waals surface area contributed by atoms with Gasteiger partial charge < -0.3 is 20.2 Å². The van der Waals surface area contributed by atoms with Crippen molar-refractivity contribution >= 4 is 56.8 Å². The number of carboxylic acid groups (broad SMARTS) is 2. The molecule has 2 aliphatic heterocycles. The summed E-state index contributed by atoms with van der Waals surface area (Å²) in [5, 5.41) is 18.7. The average molecular weight is 623 g/mol. The number of hydrogen-bond acceptors (Lipinski definition) is 4. The van der Waals surface area contributed by atoms with Gasteiger partial charge in [0.1, 0.15) is 0 Å². The number of aromatic nitrogens is 4. The quantitative estimate of drug-likeness (QED) is 0.239. The molecule has 8 bridgehead atoms. The number of H-pyrrole nitrogens is 2. The predicted molar refractivity (Wildman–Crippen MR) is 149 cm³/mol. The summed E-state index contributed by atoms with van der Waals surface area (Å²) in [6.07, 6.45) is 2.74. The minimum atomic E-state index is -0.868. The number of nitrogens with zero attached hydrogens (tertiary/aromatic N) is 2. The molecule has 5 heterocycles. The van der Waals surface area contributed by atoms with E-state index in [0.29, 0.717) is 18.5 Å². The topological polar surface area (TPSA) is 132 Å². The van der Waals surface area contributed by atoms with Crippen LogP contribution in [0.2, 0.25) is 0 Å². The van der Waals surface area contributed by atoms with Crippen LogP contribution in [0, 0.1) is 13.8 Å². The normalized spacial score (nSPS) is 12.8. The fourth-order valence-corrected chi connectivity index (χ4v) is 5.11. The van der Waals surface area contributed by atoms with Gasteiger partial charge in [-0.1, -0.05) is 0 Å². The zero-order chi connectivity index (χ0) is 27.1. The van der Waals surface area contributed by atoms with Crippen molar-refractivity contribution < 1.29 is 47.1 Å². The van der Waals surface area contributed by atoms with Crippen LogP contribution < -0.4 is 0 Å². The van der Waals surface area contributed by atoms with Gasteiger partial charge >= 0.3 is 11.9 Å². The third kappa shape index (κ3) is 5.90. The van der Waals surface area contributed by atoms with Crippen molar-refractivity contribution in [2.75, 3.05) is 0 Å². The summed E-state index contributed by atoms with van der Waals surface area (Å²) >= 11 is 0.